The molecule has 1 fully saturated rings. The van der Waals surface area contributed by atoms with Gasteiger partial charge in [-0.2, -0.15) is 0 Å². The van der Waals surface area contributed by atoms with E-state index in [9.17, 15) is 38.1 Å². The van der Waals surface area contributed by atoms with Crippen molar-refractivity contribution in [3.63, 3.8) is 0 Å². The lowest BCUT2D eigenvalue weighted by molar-refractivity contribution is -0.146. The first-order valence-electron chi connectivity index (χ1n) is 11.3. The van der Waals surface area contributed by atoms with Gasteiger partial charge in [-0.05, 0) is 37.0 Å². The Morgan fingerprint density at radius 3 is 2.42 bits per heavy atom. The van der Waals surface area contributed by atoms with Crippen molar-refractivity contribution in [3.8, 4) is 0 Å². The normalized spacial score (nSPS) is 27.8. The number of aliphatic carboxylic acids is 2. The van der Waals surface area contributed by atoms with Gasteiger partial charge in [0.25, 0.3) is 0 Å². The van der Waals surface area contributed by atoms with Gasteiger partial charge in [0.2, 0.25) is 15.9 Å². The minimum atomic E-state index is -3.80. The quantitative estimate of drug-likeness (QED) is 0.221. The molecule has 2 heterocycles. The van der Waals surface area contributed by atoms with Crippen molar-refractivity contribution in [2.75, 3.05) is 6.54 Å². The number of carbonyl (C=O) groups excluding carboxylic acids is 1. The number of hydrogen-bond acceptors (Lipinski definition) is 9. The Labute approximate surface area is 212 Å². The highest BCUT2D eigenvalue weighted by Crippen LogP contribution is 2.39. The van der Waals surface area contributed by atoms with E-state index in [4.69, 9.17) is 5.14 Å². The van der Waals surface area contributed by atoms with Crippen LogP contribution in [-0.4, -0.2) is 82.5 Å². The minimum absolute atomic E-state index is 0.0225. The number of carbonyl (C=O) groups is 3. The molecule has 0 bridgehead atoms. The van der Waals surface area contributed by atoms with Crippen LogP contribution in [0.25, 0.3) is 0 Å². The predicted octanol–water partition coefficient (Wildman–Crippen LogP) is -0.592. The molecule has 1 aromatic rings. The van der Waals surface area contributed by atoms with Gasteiger partial charge >= 0.3 is 11.9 Å². The van der Waals surface area contributed by atoms with Crippen molar-refractivity contribution < 1.29 is 38.1 Å². The first-order valence-corrected chi connectivity index (χ1v) is 13.8. The van der Waals surface area contributed by atoms with E-state index in [1.54, 1.807) is 19.1 Å². The molecular formula is C22H30N4O8S2. The first kappa shape index (κ1) is 28.1. The Morgan fingerprint density at radius 2 is 1.89 bits per heavy atom. The standard InChI is InChI=1S/C22H30N4O8S2/c1-10-17(16(11(2)27)21(29)30)26-18(22(31)32)19(10)35-13-7-15(24-9-13)20(28)25-8-12-3-5-14(6-4-12)36(23,33)34/h3-6,10-11,13,15-17,19,24,27H,7-9H2,1-2H3,(H,25,28)(H,29,30)(H,31,32)(H2,23,33,34). The van der Waals surface area contributed by atoms with E-state index in [1.807, 2.05) is 0 Å². The highest BCUT2D eigenvalue weighted by atomic mass is 32.2. The van der Waals surface area contributed by atoms with Gasteiger partial charge in [-0.15, -0.1) is 11.8 Å². The van der Waals surface area contributed by atoms with Crippen molar-refractivity contribution in [2.24, 2.45) is 22.0 Å². The number of rotatable bonds is 10. The fourth-order valence-electron chi connectivity index (χ4n) is 4.51. The lowest BCUT2D eigenvalue weighted by atomic mass is 9.86. The average Bonchev–Trinajstić information content (AvgIpc) is 3.37. The second-order valence-corrected chi connectivity index (χ2v) is 12.1. The number of nitrogens with zero attached hydrogens (tertiary/aromatic N) is 1. The van der Waals surface area contributed by atoms with Gasteiger partial charge in [-0.1, -0.05) is 19.1 Å². The molecule has 1 aromatic carbocycles. The molecule has 0 radical (unpaired) electrons. The van der Waals surface area contributed by atoms with Gasteiger partial charge in [0.15, 0.2) is 0 Å². The second-order valence-electron chi connectivity index (χ2n) is 9.06. The third kappa shape index (κ3) is 6.42. The fraction of sp³-hybridized carbons (Fsp3) is 0.545. The van der Waals surface area contributed by atoms with Crippen LogP contribution < -0.4 is 15.8 Å². The predicted molar refractivity (Wildman–Crippen MR) is 132 cm³/mol. The maximum Gasteiger partial charge on any atom is 0.350 e. The number of carboxylic acids is 2. The topological polar surface area (TPSA) is 208 Å². The van der Waals surface area contributed by atoms with Crippen LogP contribution >= 0.6 is 11.8 Å². The number of sulfonamides is 1. The molecule has 14 heteroatoms. The summed E-state index contributed by atoms with van der Waals surface area (Å²) >= 11 is 1.35. The molecule has 1 amide bonds. The van der Waals surface area contributed by atoms with E-state index in [-0.39, 0.29) is 28.3 Å². The zero-order valence-electron chi connectivity index (χ0n) is 19.7. The highest BCUT2D eigenvalue weighted by molar-refractivity contribution is 8.01. The number of thioether (sulfide) groups is 1. The first-order chi connectivity index (χ1) is 16.8. The maximum absolute atomic E-state index is 12.6. The molecular weight excluding hydrogens is 512 g/mol. The molecule has 0 spiro atoms. The number of nitrogens with two attached hydrogens (primary N) is 1. The summed E-state index contributed by atoms with van der Waals surface area (Å²) in [5.41, 5.74) is 0.569. The van der Waals surface area contributed by atoms with E-state index < -0.39 is 57.2 Å². The number of primary sulfonamides is 1. The third-order valence-corrected chi connectivity index (χ3v) is 9.05. The van der Waals surface area contributed by atoms with Crippen LogP contribution in [-0.2, 0) is 31.0 Å². The molecule has 2 aliphatic heterocycles. The number of aliphatic imine (C=N–C) groups is 1. The lowest BCUT2D eigenvalue weighted by Gasteiger charge is -2.27. The van der Waals surface area contributed by atoms with Crippen LogP contribution in [0.1, 0.15) is 25.8 Å². The van der Waals surface area contributed by atoms with E-state index in [0.717, 1.165) is 0 Å². The molecule has 12 nitrogen and oxygen atoms in total. The summed E-state index contributed by atoms with van der Waals surface area (Å²) in [4.78, 5) is 40.3. The van der Waals surface area contributed by atoms with E-state index in [0.29, 0.717) is 18.5 Å². The van der Waals surface area contributed by atoms with Crippen molar-refractivity contribution in [3.05, 3.63) is 29.8 Å². The molecule has 7 unspecified atom stereocenters. The van der Waals surface area contributed by atoms with Crippen LogP contribution in [0.5, 0.6) is 0 Å². The van der Waals surface area contributed by atoms with Crippen LogP contribution in [0.4, 0.5) is 0 Å². The van der Waals surface area contributed by atoms with Gasteiger partial charge in [-0.3, -0.25) is 14.6 Å². The monoisotopic (exact) mass is 542 g/mol. The van der Waals surface area contributed by atoms with E-state index in [1.165, 1.54) is 30.8 Å². The van der Waals surface area contributed by atoms with Gasteiger partial charge in [0.1, 0.15) is 11.6 Å². The molecule has 0 aliphatic carbocycles. The largest absolute Gasteiger partial charge is 0.481 e. The zero-order valence-corrected chi connectivity index (χ0v) is 21.3. The fourth-order valence-corrected chi connectivity index (χ4v) is 6.64. The summed E-state index contributed by atoms with van der Waals surface area (Å²) < 4.78 is 22.7. The molecule has 2 aliphatic rings. The summed E-state index contributed by atoms with van der Waals surface area (Å²) in [7, 11) is -3.80. The molecule has 1 saturated heterocycles. The van der Waals surface area contributed by atoms with Crippen LogP contribution in [0.3, 0.4) is 0 Å². The minimum Gasteiger partial charge on any atom is -0.481 e. The summed E-state index contributed by atoms with van der Waals surface area (Å²) in [5.74, 6) is -4.38. The molecule has 198 valence electrons. The molecule has 36 heavy (non-hydrogen) atoms. The smallest absolute Gasteiger partial charge is 0.350 e. The number of aliphatic hydroxyl groups is 1. The van der Waals surface area contributed by atoms with E-state index in [2.05, 4.69) is 15.6 Å². The lowest BCUT2D eigenvalue weighted by Crippen LogP contribution is -2.40. The Morgan fingerprint density at radius 1 is 1.25 bits per heavy atom. The Kier molecular flexibility index (Phi) is 8.77. The Bertz CT molecular complexity index is 1140. The van der Waals surface area contributed by atoms with Crippen LogP contribution in [0.15, 0.2) is 34.2 Å². The zero-order chi connectivity index (χ0) is 26.8. The van der Waals surface area contributed by atoms with Gasteiger partial charge in [-0.25, -0.2) is 18.4 Å². The number of nitrogens with one attached hydrogen (secondary N) is 2. The SMILES string of the molecule is CC(O)C(C(=O)O)C1N=C(C(=O)O)C(SC2CNC(C(=O)NCc3ccc(S(N)(=O)=O)cc3)C2)C1C. The van der Waals surface area contributed by atoms with Crippen molar-refractivity contribution in [2.45, 2.75) is 60.4 Å². The van der Waals surface area contributed by atoms with Crippen molar-refractivity contribution in [1.29, 1.82) is 0 Å². The van der Waals surface area contributed by atoms with E-state index >= 15 is 0 Å². The number of hydrogen-bond donors (Lipinski definition) is 6. The van der Waals surface area contributed by atoms with Gasteiger partial charge in [0, 0.05) is 18.3 Å². The second kappa shape index (κ2) is 11.3. The summed E-state index contributed by atoms with van der Waals surface area (Å²) in [6.07, 6.45) is -0.768. The van der Waals surface area contributed by atoms with Gasteiger partial charge in [0.05, 0.1) is 28.3 Å². The molecule has 7 atom stereocenters. The highest BCUT2D eigenvalue weighted by Gasteiger charge is 2.48. The van der Waals surface area contributed by atoms with Crippen molar-refractivity contribution in [1.82, 2.24) is 10.6 Å². The third-order valence-electron chi connectivity index (χ3n) is 6.43. The Hall–Kier alpha value is -2.52. The summed E-state index contributed by atoms with van der Waals surface area (Å²) in [5, 5.41) is 39.4. The maximum atomic E-state index is 12.6. The van der Waals surface area contributed by atoms with Crippen LogP contribution in [0, 0.1) is 11.8 Å². The van der Waals surface area contributed by atoms with Gasteiger partial charge < -0.3 is 26.0 Å². The molecule has 3 rings (SSSR count). The summed E-state index contributed by atoms with van der Waals surface area (Å²) in [6, 6.07) is 4.46. The summed E-state index contributed by atoms with van der Waals surface area (Å²) in [6.45, 7) is 3.71. The number of benzene rings is 1. The average molecular weight is 543 g/mol. The number of carboxylic acid groups (broad SMARTS) is 2. The molecule has 0 saturated carbocycles. The van der Waals surface area contributed by atoms with Crippen molar-refractivity contribution >= 4 is 45.3 Å². The van der Waals surface area contributed by atoms with Crippen LogP contribution in [0.2, 0.25) is 0 Å². The molecule has 0 aromatic heterocycles. The number of amides is 1. The number of aliphatic hydroxyl groups excluding tert-OH is 1. The Balaban J connectivity index is 1.59. The molecule has 7 N–H and O–H groups in total.